The van der Waals surface area contributed by atoms with E-state index < -0.39 is 5.97 Å². The number of esters is 1. The van der Waals surface area contributed by atoms with Gasteiger partial charge in [0.1, 0.15) is 11.3 Å². The van der Waals surface area contributed by atoms with Crippen molar-refractivity contribution in [2.24, 2.45) is 0 Å². The van der Waals surface area contributed by atoms with Crippen LogP contribution in [-0.4, -0.2) is 31.7 Å². The zero-order valence-electron chi connectivity index (χ0n) is 18.9. The van der Waals surface area contributed by atoms with Gasteiger partial charge in [0.15, 0.2) is 5.16 Å². The van der Waals surface area contributed by atoms with Gasteiger partial charge in [-0.05, 0) is 56.2 Å². The molecule has 0 bridgehead atoms. The second kappa shape index (κ2) is 8.83. The lowest BCUT2D eigenvalue weighted by Crippen LogP contribution is -2.22. The van der Waals surface area contributed by atoms with E-state index in [2.05, 4.69) is 10.2 Å². The van der Waals surface area contributed by atoms with Crippen molar-refractivity contribution < 1.29 is 13.9 Å². The summed E-state index contributed by atoms with van der Waals surface area (Å²) in [4.78, 5) is 25.8. The first kappa shape index (κ1) is 22.0. The number of hydrogen-bond acceptors (Lipinski definition) is 7. The number of aromatic nitrogens is 4. The molecule has 0 saturated heterocycles. The summed E-state index contributed by atoms with van der Waals surface area (Å²) >= 11 is 1.37. The number of carbonyl (C=O) groups is 1. The number of para-hydroxylation sites is 1. The predicted molar refractivity (Wildman–Crippen MR) is 130 cm³/mol. The molecule has 0 radical (unpaired) electrons. The Morgan fingerprint density at radius 2 is 1.91 bits per heavy atom. The van der Waals surface area contributed by atoms with E-state index in [0.29, 0.717) is 38.9 Å². The van der Waals surface area contributed by atoms with Gasteiger partial charge in [0, 0.05) is 0 Å². The lowest BCUT2D eigenvalue weighted by Gasteiger charge is -2.14. The van der Waals surface area contributed by atoms with Crippen LogP contribution in [0.25, 0.3) is 22.4 Å². The Balaban J connectivity index is 1.66. The number of benzene rings is 2. The molecule has 5 rings (SSSR count). The molecule has 8 nitrogen and oxygen atoms in total. The van der Waals surface area contributed by atoms with E-state index in [4.69, 9.17) is 9.15 Å². The summed E-state index contributed by atoms with van der Waals surface area (Å²) in [5.74, 6) is 0.836. The summed E-state index contributed by atoms with van der Waals surface area (Å²) in [5, 5.41) is 9.93. The van der Waals surface area contributed by atoms with Crippen LogP contribution in [0.4, 0.5) is 0 Å². The number of furan rings is 1. The molecule has 0 aliphatic carbocycles. The SMILES string of the molecule is CCOC(=O)c1ccoc1CSc1nnc2n(-c3cccc(C)c3C)c(=O)c3ccccc3n12. The maximum atomic E-state index is 13.6. The molecule has 0 amide bonds. The molecule has 2 aromatic carbocycles. The summed E-state index contributed by atoms with van der Waals surface area (Å²) in [6.45, 7) is 6.04. The number of aryl methyl sites for hydroxylation is 1. The molecule has 5 aromatic rings. The smallest absolute Gasteiger partial charge is 0.341 e. The van der Waals surface area contributed by atoms with Crippen LogP contribution in [-0.2, 0) is 10.5 Å². The third kappa shape index (κ3) is 3.58. The highest BCUT2D eigenvalue weighted by Gasteiger charge is 2.21. The third-order valence-corrected chi connectivity index (χ3v) is 6.71. The van der Waals surface area contributed by atoms with Crippen molar-refractivity contribution in [2.45, 2.75) is 31.7 Å². The molecule has 9 heteroatoms. The molecule has 0 spiro atoms. The van der Waals surface area contributed by atoms with Crippen molar-refractivity contribution in [3.8, 4) is 5.69 Å². The number of carbonyl (C=O) groups excluding carboxylic acids is 1. The Labute approximate surface area is 199 Å². The lowest BCUT2D eigenvalue weighted by molar-refractivity contribution is 0.0524. The first-order valence-electron chi connectivity index (χ1n) is 10.8. The maximum Gasteiger partial charge on any atom is 0.341 e. The number of thioether (sulfide) groups is 1. The van der Waals surface area contributed by atoms with Crippen LogP contribution in [0.3, 0.4) is 0 Å². The highest BCUT2D eigenvalue weighted by atomic mass is 32.2. The Morgan fingerprint density at radius 3 is 2.74 bits per heavy atom. The van der Waals surface area contributed by atoms with Gasteiger partial charge in [0.05, 0.1) is 35.2 Å². The van der Waals surface area contributed by atoms with E-state index in [-0.39, 0.29) is 12.2 Å². The normalized spacial score (nSPS) is 11.4. The summed E-state index contributed by atoms with van der Waals surface area (Å²) in [7, 11) is 0. The number of rotatable bonds is 6. The van der Waals surface area contributed by atoms with E-state index >= 15 is 0 Å². The van der Waals surface area contributed by atoms with Gasteiger partial charge in [-0.1, -0.05) is 36.0 Å². The van der Waals surface area contributed by atoms with Crippen molar-refractivity contribution in [3.05, 3.63) is 87.6 Å². The average Bonchev–Trinajstić information content (AvgIpc) is 3.48. The largest absolute Gasteiger partial charge is 0.468 e. The minimum atomic E-state index is -0.424. The fourth-order valence-electron chi connectivity index (χ4n) is 3.94. The van der Waals surface area contributed by atoms with E-state index in [9.17, 15) is 9.59 Å². The molecule has 0 fully saturated rings. The number of ether oxygens (including phenoxy) is 1. The molecule has 3 heterocycles. The first-order valence-corrected chi connectivity index (χ1v) is 11.8. The summed E-state index contributed by atoms with van der Waals surface area (Å²) in [6, 6.07) is 14.9. The van der Waals surface area contributed by atoms with E-state index in [1.54, 1.807) is 23.6 Å². The highest BCUT2D eigenvalue weighted by molar-refractivity contribution is 7.98. The first-order chi connectivity index (χ1) is 16.5. The second-order valence-electron chi connectivity index (χ2n) is 7.76. The number of nitrogens with zero attached hydrogens (tertiary/aromatic N) is 4. The van der Waals surface area contributed by atoms with Crippen molar-refractivity contribution in [1.29, 1.82) is 0 Å². The molecular weight excluding hydrogens is 452 g/mol. The van der Waals surface area contributed by atoms with Crippen molar-refractivity contribution in [1.82, 2.24) is 19.2 Å². The van der Waals surface area contributed by atoms with Gasteiger partial charge >= 0.3 is 5.97 Å². The molecule has 172 valence electrons. The Hall–Kier alpha value is -3.85. The fourth-order valence-corrected chi connectivity index (χ4v) is 4.83. The van der Waals surface area contributed by atoms with Gasteiger partial charge in [-0.3, -0.25) is 9.20 Å². The zero-order valence-corrected chi connectivity index (χ0v) is 19.8. The Kier molecular flexibility index (Phi) is 5.70. The zero-order chi connectivity index (χ0) is 23.8. The van der Waals surface area contributed by atoms with Crippen LogP contribution in [0.5, 0.6) is 0 Å². The molecule has 0 saturated carbocycles. The Bertz CT molecular complexity index is 1600. The van der Waals surface area contributed by atoms with Gasteiger partial charge in [-0.2, -0.15) is 0 Å². The molecule has 0 aliphatic rings. The predicted octanol–water partition coefficient (Wildman–Crippen LogP) is 4.71. The van der Waals surface area contributed by atoms with Crippen molar-refractivity contribution in [2.75, 3.05) is 6.61 Å². The quantitative estimate of drug-likeness (QED) is 0.260. The van der Waals surface area contributed by atoms with Crippen LogP contribution in [0.15, 0.2) is 69.2 Å². The monoisotopic (exact) mass is 474 g/mol. The maximum absolute atomic E-state index is 13.6. The van der Waals surface area contributed by atoms with Crippen LogP contribution in [0, 0.1) is 13.8 Å². The molecule has 0 aliphatic heterocycles. The third-order valence-electron chi connectivity index (χ3n) is 5.78. The molecule has 3 aromatic heterocycles. The lowest BCUT2D eigenvalue weighted by atomic mass is 10.1. The van der Waals surface area contributed by atoms with Crippen molar-refractivity contribution in [3.63, 3.8) is 0 Å². The standard InChI is InChI=1S/C25H22N4O4S/c1-4-32-23(31)18-12-13-33-21(18)14-34-25-27-26-24-28(19-11-7-8-15(2)16(19)3)22(30)17-9-5-6-10-20(17)29(24)25/h5-13H,4,14H2,1-3H3. The van der Waals surface area contributed by atoms with E-state index in [1.165, 1.54) is 18.0 Å². The van der Waals surface area contributed by atoms with Crippen LogP contribution >= 0.6 is 11.8 Å². The van der Waals surface area contributed by atoms with E-state index in [1.807, 2.05) is 54.6 Å². The minimum Gasteiger partial charge on any atom is -0.468 e. The number of fused-ring (bicyclic) bond motifs is 3. The van der Waals surface area contributed by atoms with Crippen LogP contribution < -0.4 is 5.56 Å². The molecule has 0 unspecified atom stereocenters. The minimum absolute atomic E-state index is 0.156. The van der Waals surface area contributed by atoms with Crippen molar-refractivity contribution >= 4 is 34.4 Å². The van der Waals surface area contributed by atoms with Gasteiger partial charge in [0.2, 0.25) is 5.78 Å². The number of hydrogen-bond donors (Lipinski definition) is 0. The van der Waals surface area contributed by atoms with Crippen LogP contribution in [0.1, 0.15) is 34.2 Å². The molecule has 34 heavy (non-hydrogen) atoms. The molecule has 0 atom stereocenters. The average molecular weight is 475 g/mol. The Morgan fingerprint density at radius 1 is 1.09 bits per heavy atom. The summed E-state index contributed by atoms with van der Waals surface area (Å²) in [6.07, 6.45) is 1.47. The van der Waals surface area contributed by atoms with Gasteiger partial charge in [-0.15, -0.1) is 10.2 Å². The van der Waals surface area contributed by atoms with E-state index in [0.717, 1.165) is 16.8 Å². The second-order valence-corrected chi connectivity index (χ2v) is 8.70. The molecule has 0 N–H and O–H groups in total. The highest BCUT2D eigenvalue weighted by Crippen LogP contribution is 2.28. The van der Waals surface area contributed by atoms with Gasteiger partial charge in [0.25, 0.3) is 5.56 Å². The van der Waals surface area contributed by atoms with Gasteiger partial charge < -0.3 is 9.15 Å². The van der Waals surface area contributed by atoms with Crippen LogP contribution in [0.2, 0.25) is 0 Å². The topological polar surface area (TPSA) is 91.6 Å². The summed E-state index contributed by atoms with van der Waals surface area (Å²) < 4.78 is 14.1. The summed E-state index contributed by atoms with van der Waals surface area (Å²) in [5.41, 5.74) is 3.78. The fraction of sp³-hybridized carbons (Fsp3) is 0.200. The van der Waals surface area contributed by atoms with Gasteiger partial charge in [-0.25, -0.2) is 9.36 Å². The molecular formula is C25H22N4O4S.